The standard InChI is InChI=1S/C12H9F3N2O3/c1-19-11(18)9-6-16-10(17-9)7-2-4-8(5-3-7)20-12(13,14)15/h2-6H,1H3,(H,16,17). The summed E-state index contributed by atoms with van der Waals surface area (Å²) in [5.41, 5.74) is 0.660. The van der Waals surface area contributed by atoms with Crippen LogP contribution < -0.4 is 4.74 Å². The van der Waals surface area contributed by atoms with Crippen LogP contribution >= 0.6 is 0 Å². The summed E-state index contributed by atoms with van der Waals surface area (Å²) in [4.78, 5) is 17.9. The highest BCUT2D eigenvalue weighted by Gasteiger charge is 2.31. The van der Waals surface area contributed by atoms with Crippen LogP contribution in [0, 0.1) is 0 Å². The Morgan fingerprint density at radius 3 is 2.45 bits per heavy atom. The molecule has 0 saturated carbocycles. The lowest BCUT2D eigenvalue weighted by atomic mass is 10.2. The normalized spacial score (nSPS) is 11.2. The average molecular weight is 286 g/mol. The second kappa shape index (κ2) is 5.24. The number of carbonyl (C=O) groups is 1. The van der Waals surface area contributed by atoms with E-state index >= 15 is 0 Å². The van der Waals surface area contributed by atoms with Gasteiger partial charge in [0, 0.05) is 5.56 Å². The minimum absolute atomic E-state index is 0.151. The van der Waals surface area contributed by atoms with Crippen LogP contribution in [0.15, 0.2) is 30.5 Å². The Hall–Kier alpha value is -2.51. The van der Waals surface area contributed by atoms with E-state index in [0.29, 0.717) is 11.4 Å². The average Bonchev–Trinajstić information content (AvgIpc) is 2.86. The molecule has 2 rings (SSSR count). The summed E-state index contributed by atoms with van der Waals surface area (Å²) in [5, 5.41) is 0. The molecule has 0 aliphatic rings. The third-order valence-corrected chi connectivity index (χ3v) is 2.34. The first-order valence-electron chi connectivity index (χ1n) is 5.38. The minimum Gasteiger partial charge on any atom is -0.464 e. The van der Waals surface area contributed by atoms with Crippen LogP contribution in [0.1, 0.15) is 10.5 Å². The molecule has 1 aromatic carbocycles. The fraction of sp³-hybridized carbons (Fsp3) is 0.167. The highest BCUT2D eigenvalue weighted by molar-refractivity contribution is 5.87. The van der Waals surface area contributed by atoms with Crippen LogP contribution in [0.5, 0.6) is 5.75 Å². The van der Waals surface area contributed by atoms with Crippen LogP contribution in [0.25, 0.3) is 11.4 Å². The summed E-state index contributed by atoms with van der Waals surface area (Å²) in [5.74, 6) is -0.578. The van der Waals surface area contributed by atoms with Crippen molar-refractivity contribution in [2.75, 3.05) is 7.11 Å². The number of nitrogens with one attached hydrogen (secondary N) is 1. The molecule has 0 spiro atoms. The summed E-state index contributed by atoms with van der Waals surface area (Å²) < 4.78 is 44.3. The maximum absolute atomic E-state index is 12.0. The summed E-state index contributed by atoms with van der Waals surface area (Å²) in [6.45, 7) is 0. The quantitative estimate of drug-likeness (QED) is 0.881. The zero-order valence-corrected chi connectivity index (χ0v) is 10.2. The largest absolute Gasteiger partial charge is 0.573 e. The lowest BCUT2D eigenvalue weighted by molar-refractivity contribution is -0.274. The molecule has 0 atom stereocenters. The predicted molar refractivity (Wildman–Crippen MR) is 62.0 cm³/mol. The number of halogens is 3. The Bertz CT molecular complexity index is 605. The third kappa shape index (κ3) is 3.28. The number of imidazole rings is 1. The molecule has 20 heavy (non-hydrogen) atoms. The second-order valence-electron chi connectivity index (χ2n) is 3.71. The molecule has 0 radical (unpaired) electrons. The molecule has 2 aromatic rings. The van der Waals surface area contributed by atoms with Gasteiger partial charge in [0.15, 0.2) is 0 Å². The topological polar surface area (TPSA) is 64.2 Å². The van der Waals surface area contributed by atoms with Gasteiger partial charge in [-0.25, -0.2) is 9.78 Å². The van der Waals surface area contributed by atoms with Crippen molar-refractivity contribution in [2.24, 2.45) is 0 Å². The SMILES string of the molecule is COC(=O)c1cnc(-c2ccc(OC(F)(F)F)cc2)[nH]1. The van der Waals surface area contributed by atoms with E-state index in [9.17, 15) is 18.0 Å². The summed E-state index contributed by atoms with van der Waals surface area (Å²) in [7, 11) is 1.23. The molecule has 0 aliphatic heterocycles. The number of benzene rings is 1. The monoisotopic (exact) mass is 286 g/mol. The van der Waals surface area contributed by atoms with Gasteiger partial charge in [0.2, 0.25) is 0 Å². The maximum Gasteiger partial charge on any atom is 0.573 e. The fourth-order valence-electron chi connectivity index (χ4n) is 1.50. The molecule has 0 amide bonds. The van der Waals surface area contributed by atoms with E-state index in [1.165, 1.54) is 25.4 Å². The zero-order chi connectivity index (χ0) is 14.8. The number of rotatable bonds is 3. The van der Waals surface area contributed by atoms with Gasteiger partial charge < -0.3 is 14.5 Å². The second-order valence-corrected chi connectivity index (χ2v) is 3.71. The molecule has 0 saturated heterocycles. The highest BCUT2D eigenvalue weighted by Crippen LogP contribution is 2.25. The third-order valence-electron chi connectivity index (χ3n) is 2.34. The number of esters is 1. The maximum atomic E-state index is 12.0. The van der Waals surface area contributed by atoms with E-state index in [2.05, 4.69) is 19.4 Å². The van der Waals surface area contributed by atoms with Gasteiger partial charge in [-0.2, -0.15) is 0 Å². The first kappa shape index (κ1) is 13.9. The zero-order valence-electron chi connectivity index (χ0n) is 10.2. The number of ether oxygens (including phenoxy) is 2. The number of nitrogens with zero attached hydrogens (tertiary/aromatic N) is 1. The van der Waals surface area contributed by atoms with Crippen molar-refractivity contribution < 1.29 is 27.4 Å². The van der Waals surface area contributed by atoms with E-state index in [1.807, 2.05) is 0 Å². The number of aromatic amines is 1. The van der Waals surface area contributed by atoms with Crippen LogP contribution in [-0.4, -0.2) is 29.4 Å². The van der Waals surface area contributed by atoms with Gasteiger partial charge in [-0.3, -0.25) is 0 Å². The fourth-order valence-corrected chi connectivity index (χ4v) is 1.50. The Labute approximate surface area is 111 Å². The van der Waals surface area contributed by atoms with E-state index in [4.69, 9.17) is 0 Å². The van der Waals surface area contributed by atoms with Crippen molar-refractivity contribution >= 4 is 5.97 Å². The van der Waals surface area contributed by atoms with Gasteiger partial charge in [-0.05, 0) is 24.3 Å². The van der Waals surface area contributed by atoms with E-state index < -0.39 is 12.3 Å². The van der Waals surface area contributed by atoms with Gasteiger partial charge in [-0.1, -0.05) is 0 Å². The van der Waals surface area contributed by atoms with Crippen LogP contribution in [0.3, 0.4) is 0 Å². The number of carbonyl (C=O) groups excluding carboxylic acids is 1. The minimum atomic E-state index is -4.73. The van der Waals surface area contributed by atoms with Crippen molar-refractivity contribution in [3.8, 4) is 17.1 Å². The molecule has 0 aliphatic carbocycles. The first-order chi connectivity index (χ1) is 9.39. The van der Waals surface area contributed by atoms with Crippen molar-refractivity contribution in [2.45, 2.75) is 6.36 Å². The van der Waals surface area contributed by atoms with Crippen molar-refractivity contribution in [1.82, 2.24) is 9.97 Å². The molecule has 8 heteroatoms. The molecular weight excluding hydrogens is 277 g/mol. The Balaban J connectivity index is 2.18. The number of alkyl halides is 3. The van der Waals surface area contributed by atoms with Gasteiger partial charge in [-0.15, -0.1) is 13.2 Å². The Morgan fingerprint density at radius 2 is 1.90 bits per heavy atom. The molecule has 106 valence electrons. The van der Waals surface area contributed by atoms with Gasteiger partial charge in [0.05, 0.1) is 13.3 Å². The summed E-state index contributed by atoms with van der Waals surface area (Å²) in [6.07, 6.45) is -3.45. The number of hydrogen-bond donors (Lipinski definition) is 1. The first-order valence-corrected chi connectivity index (χ1v) is 5.38. The molecule has 0 bridgehead atoms. The lowest BCUT2D eigenvalue weighted by Gasteiger charge is -2.08. The van der Waals surface area contributed by atoms with Crippen molar-refractivity contribution in [1.29, 1.82) is 0 Å². The van der Waals surface area contributed by atoms with Gasteiger partial charge in [0.1, 0.15) is 17.3 Å². The van der Waals surface area contributed by atoms with Gasteiger partial charge >= 0.3 is 12.3 Å². The van der Waals surface area contributed by atoms with E-state index in [0.717, 1.165) is 12.1 Å². The Morgan fingerprint density at radius 1 is 1.25 bits per heavy atom. The van der Waals surface area contributed by atoms with Crippen molar-refractivity contribution in [3.05, 3.63) is 36.2 Å². The molecule has 1 N–H and O–H groups in total. The van der Waals surface area contributed by atoms with Crippen LogP contribution in [0.2, 0.25) is 0 Å². The number of H-pyrrole nitrogens is 1. The number of methoxy groups -OCH3 is 1. The van der Waals surface area contributed by atoms with E-state index in [1.54, 1.807) is 0 Å². The smallest absolute Gasteiger partial charge is 0.464 e. The van der Waals surface area contributed by atoms with E-state index in [-0.39, 0.29) is 11.4 Å². The lowest BCUT2D eigenvalue weighted by Crippen LogP contribution is -2.16. The van der Waals surface area contributed by atoms with Crippen LogP contribution in [-0.2, 0) is 4.74 Å². The summed E-state index contributed by atoms with van der Waals surface area (Å²) >= 11 is 0. The molecular formula is C12H9F3N2O3. The highest BCUT2D eigenvalue weighted by atomic mass is 19.4. The predicted octanol–water partition coefficient (Wildman–Crippen LogP) is 2.76. The van der Waals surface area contributed by atoms with Crippen LogP contribution in [0.4, 0.5) is 13.2 Å². The number of hydrogen-bond acceptors (Lipinski definition) is 4. The molecule has 1 heterocycles. The summed E-state index contributed by atoms with van der Waals surface area (Å²) in [6, 6.07) is 5.09. The Kier molecular flexibility index (Phi) is 3.64. The molecule has 5 nitrogen and oxygen atoms in total. The number of aromatic nitrogens is 2. The molecule has 1 aromatic heterocycles. The van der Waals surface area contributed by atoms with Gasteiger partial charge in [0.25, 0.3) is 0 Å². The molecule has 0 unspecified atom stereocenters. The van der Waals surface area contributed by atoms with Crippen molar-refractivity contribution in [3.63, 3.8) is 0 Å². The molecule has 0 fully saturated rings.